The van der Waals surface area contributed by atoms with Crippen LogP contribution in [0.5, 0.6) is 0 Å². The smallest absolute Gasteiger partial charge is 0.408 e. The van der Waals surface area contributed by atoms with Crippen LogP contribution >= 0.6 is 22.6 Å². The number of nitrogens with one attached hydrogen (secondary N) is 1. The van der Waals surface area contributed by atoms with Crippen molar-refractivity contribution in [1.82, 2.24) is 5.32 Å². The van der Waals surface area contributed by atoms with Crippen molar-refractivity contribution in [2.24, 2.45) is 0 Å². The molecule has 0 radical (unpaired) electrons. The molecule has 0 aliphatic heterocycles. The first-order valence-electron chi connectivity index (χ1n) is 5.07. The second-order valence-electron chi connectivity index (χ2n) is 3.32. The van der Waals surface area contributed by atoms with Gasteiger partial charge in [0.1, 0.15) is 6.61 Å². The van der Waals surface area contributed by atoms with E-state index in [0.717, 1.165) is 3.57 Å². The molecule has 0 aliphatic carbocycles. The number of halogens is 1. The van der Waals surface area contributed by atoms with Gasteiger partial charge in [-0.25, -0.2) is 9.59 Å². The number of alkyl carbamates (subject to hydrolysis) is 1. The molecule has 6 heteroatoms. The average Bonchev–Trinajstić information content (AvgIpc) is 2.34. The van der Waals surface area contributed by atoms with Gasteiger partial charge in [-0.1, -0.05) is 30.9 Å². The van der Waals surface area contributed by atoms with Gasteiger partial charge in [0.05, 0.1) is 0 Å². The average molecular weight is 361 g/mol. The molecular weight excluding hydrogens is 349 g/mol. The topological polar surface area (TPSA) is 75.6 Å². The van der Waals surface area contributed by atoms with Crippen LogP contribution in [0.15, 0.2) is 36.9 Å². The molecule has 0 bridgehead atoms. The summed E-state index contributed by atoms with van der Waals surface area (Å²) < 4.78 is 5.46. The van der Waals surface area contributed by atoms with E-state index in [1.807, 2.05) is 22.6 Å². The van der Waals surface area contributed by atoms with Crippen molar-refractivity contribution < 1.29 is 19.4 Å². The third-order valence-corrected chi connectivity index (χ3v) is 3.04. The first-order chi connectivity index (χ1) is 8.56. The van der Waals surface area contributed by atoms with Gasteiger partial charge < -0.3 is 15.2 Å². The fourth-order valence-electron chi connectivity index (χ4n) is 1.28. The van der Waals surface area contributed by atoms with Crippen molar-refractivity contribution in [3.8, 4) is 0 Å². The van der Waals surface area contributed by atoms with E-state index in [2.05, 4.69) is 11.9 Å². The number of carbonyl (C=O) groups excluding carboxylic acids is 1. The summed E-state index contributed by atoms with van der Waals surface area (Å²) in [5.41, 5.74) is 0.515. The zero-order valence-electron chi connectivity index (χ0n) is 9.43. The third kappa shape index (κ3) is 4.02. The Hall–Kier alpha value is -1.57. The molecular formula is C12H12INO4. The minimum absolute atomic E-state index is 0.0318. The second kappa shape index (κ2) is 7.00. The van der Waals surface area contributed by atoms with Crippen molar-refractivity contribution in [3.05, 3.63) is 46.1 Å². The van der Waals surface area contributed by atoms with Crippen molar-refractivity contribution in [1.29, 1.82) is 0 Å². The molecule has 1 unspecified atom stereocenters. The van der Waals surface area contributed by atoms with E-state index >= 15 is 0 Å². The highest BCUT2D eigenvalue weighted by atomic mass is 127. The minimum atomic E-state index is -1.14. The van der Waals surface area contributed by atoms with Crippen molar-refractivity contribution in [2.75, 3.05) is 6.61 Å². The number of carboxylic acids is 1. The highest BCUT2D eigenvalue weighted by Gasteiger charge is 2.24. The fraction of sp³-hybridized carbons (Fsp3) is 0.167. The van der Waals surface area contributed by atoms with Gasteiger partial charge in [0.2, 0.25) is 0 Å². The zero-order valence-corrected chi connectivity index (χ0v) is 11.6. The van der Waals surface area contributed by atoms with Crippen LogP contribution in [0, 0.1) is 3.57 Å². The Bertz CT molecular complexity index is 461. The van der Waals surface area contributed by atoms with E-state index < -0.39 is 18.1 Å². The highest BCUT2D eigenvalue weighted by Crippen LogP contribution is 2.20. The molecule has 96 valence electrons. The quantitative estimate of drug-likeness (QED) is 0.624. The van der Waals surface area contributed by atoms with Gasteiger partial charge in [-0.3, -0.25) is 0 Å². The van der Waals surface area contributed by atoms with Crippen molar-refractivity contribution in [2.45, 2.75) is 6.04 Å². The SMILES string of the molecule is C=CCOC(=O)NC(C(=O)O)c1ccccc1I. The maximum atomic E-state index is 11.4. The molecule has 1 aromatic carbocycles. The number of hydrogen-bond acceptors (Lipinski definition) is 3. The lowest BCUT2D eigenvalue weighted by atomic mass is 10.1. The predicted octanol–water partition coefficient (Wildman–Crippen LogP) is 2.33. The van der Waals surface area contributed by atoms with Crippen LogP contribution in [0.25, 0.3) is 0 Å². The monoisotopic (exact) mass is 361 g/mol. The van der Waals surface area contributed by atoms with E-state index in [1.54, 1.807) is 24.3 Å². The van der Waals surface area contributed by atoms with Crippen molar-refractivity contribution >= 4 is 34.7 Å². The number of benzene rings is 1. The largest absolute Gasteiger partial charge is 0.479 e. The maximum absolute atomic E-state index is 11.4. The number of amides is 1. The molecule has 1 aromatic rings. The lowest BCUT2D eigenvalue weighted by Crippen LogP contribution is -2.34. The van der Waals surface area contributed by atoms with Gasteiger partial charge in [-0.2, -0.15) is 0 Å². The molecule has 0 spiro atoms. The van der Waals surface area contributed by atoms with Crippen LogP contribution in [0.2, 0.25) is 0 Å². The van der Waals surface area contributed by atoms with E-state index in [-0.39, 0.29) is 6.61 Å². The Morgan fingerprint density at radius 2 is 2.17 bits per heavy atom. The number of ether oxygens (including phenoxy) is 1. The Labute approximate surface area is 118 Å². The van der Waals surface area contributed by atoms with Crippen LogP contribution in [0.4, 0.5) is 4.79 Å². The molecule has 0 heterocycles. The Morgan fingerprint density at radius 3 is 2.72 bits per heavy atom. The first kappa shape index (κ1) is 14.5. The van der Waals surface area contributed by atoms with Gasteiger partial charge in [0.25, 0.3) is 0 Å². The molecule has 1 amide bonds. The molecule has 1 rings (SSSR count). The Balaban J connectivity index is 2.84. The minimum Gasteiger partial charge on any atom is -0.479 e. The number of rotatable bonds is 5. The lowest BCUT2D eigenvalue weighted by Gasteiger charge is -2.15. The molecule has 0 fully saturated rings. The second-order valence-corrected chi connectivity index (χ2v) is 4.49. The van der Waals surface area contributed by atoms with Crippen LogP contribution in [0.1, 0.15) is 11.6 Å². The molecule has 2 N–H and O–H groups in total. The Kier molecular flexibility index (Phi) is 5.63. The van der Waals surface area contributed by atoms with Crippen molar-refractivity contribution in [3.63, 3.8) is 0 Å². The summed E-state index contributed by atoms with van der Waals surface area (Å²) in [7, 11) is 0. The molecule has 5 nitrogen and oxygen atoms in total. The summed E-state index contributed by atoms with van der Waals surface area (Å²) in [6, 6.07) is 5.79. The number of carbonyl (C=O) groups is 2. The summed E-state index contributed by atoms with van der Waals surface area (Å²) in [6.45, 7) is 3.43. The van der Waals surface area contributed by atoms with Gasteiger partial charge in [0.15, 0.2) is 6.04 Å². The predicted molar refractivity (Wildman–Crippen MR) is 74.2 cm³/mol. The van der Waals surface area contributed by atoms with E-state index in [1.165, 1.54) is 6.08 Å². The molecule has 1 atom stereocenters. The summed E-state index contributed by atoms with van der Waals surface area (Å²) in [5.74, 6) is -1.14. The molecule has 0 saturated heterocycles. The van der Waals surface area contributed by atoms with Gasteiger partial charge in [-0.15, -0.1) is 0 Å². The highest BCUT2D eigenvalue weighted by molar-refractivity contribution is 14.1. The molecule has 0 aliphatic rings. The van der Waals surface area contributed by atoms with E-state index in [4.69, 9.17) is 9.84 Å². The normalized spacial score (nSPS) is 11.4. The molecule has 18 heavy (non-hydrogen) atoms. The summed E-state index contributed by atoms with van der Waals surface area (Å²) in [4.78, 5) is 22.5. The van der Waals surface area contributed by atoms with Crippen LogP contribution < -0.4 is 5.32 Å². The van der Waals surface area contributed by atoms with Crippen LogP contribution in [0.3, 0.4) is 0 Å². The summed E-state index contributed by atoms with van der Waals surface area (Å²) >= 11 is 2.01. The molecule has 0 aromatic heterocycles. The zero-order chi connectivity index (χ0) is 13.5. The summed E-state index contributed by atoms with van der Waals surface area (Å²) in [5, 5.41) is 11.4. The Morgan fingerprint density at radius 1 is 1.50 bits per heavy atom. The van der Waals surface area contributed by atoms with Gasteiger partial charge in [-0.05, 0) is 34.2 Å². The molecule has 0 saturated carbocycles. The van der Waals surface area contributed by atoms with Gasteiger partial charge >= 0.3 is 12.1 Å². The van der Waals surface area contributed by atoms with E-state index in [0.29, 0.717) is 5.56 Å². The van der Waals surface area contributed by atoms with Crippen LogP contribution in [-0.4, -0.2) is 23.8 Å². The number of hydrogen-bond donors (Lipinski definition) is 2. The fourth-order valence-corrected chi connectivity index (χ4v) is 1.97. The maximum Gasteiger partial charge on any atom is 0.408 e. The first-order valence-corrected chi connectivity index (χ1v) is 6.15. The van der Waals surface area contributed by atoms with Crippen LogP contribution in [-0.2, 0) is 9.53 Å². The number of aliphatic carboxylic acids is 1. The van der Waals surface area contributed by atoms with E-state index in [9.17, 15) is 9.59 Å². The number of carboxylic acid groups (broad SMARTS) is 1. The van der Waals surface area contributed by atoms with Gasteiger partial charge in [0, 0.05) is 3.57 Å². The lowest BCUT2D eigenvalue weighted by molar-refractivity contribution is -0.139. The third-order valence-electron chi connectivity index (χ3n) is 2.06. The standard InChI is InChI=1S/C12H12INO4/c1-2-7-18-12(17)14-10(11(15)16)8-5-3-4-6-9(8)13/h2-6,10H,1,7H2,(H,14,17)(H,15,16). The summed E-state index contributed by atoms with van der Waals surface area (Å²) in [6.07, 6.45) is 0.615.